The lowest BCUT2D eigenvalue weighted by Crippen LogP contribution is -2.49. The molecule has 2 heterocycles. The first kappa shape index (κ1) is 20.3. The minimum atomic E-state index is -0.688. The van der Waals surface area contributed by atoms with Gasteiger partial charge in [-0.3, -0.25) is 9.20 Å². The second kappa shape index (κ2) is 8.02. The predicted octanol–water partition coefficient (Wildman–Crippen LogP) is 3.53. The quantitative estimate of drug-likeness (QED) is 0.646. The second-order valence-electron chi connectivity index (χ2n) is 7.70. The van der Waals surface area contributed by atoms with Gasteiger partial charge in [0.1, 0.15) is 23.9 Å². The van der Waals surface area contributed by atoms with Gasteiger partial charge in [-0.2, -0.15) is 0 Å². The first-order chi connectivity index (χ1) is 14.4. The SMILES string of the molecule is Cc1nc2c(OCc3c(F)cccc3F)cccn2c1C(=O)NC1(CO)CCCC1. The molecule has 2 aromatic heterocycles. The van der Waals surface area contributed by atoms with Crippen molar-refractivity contribution in [3.8, 4) is 5.75 Å². The van der Waals surface area contributed by atoms with Crippen LogP contribution in [-0.2, 0) is 6.61 Å². The zero-order chi connectivity index (χ0) is 21.3. The smallest absolute Gasteiger partial charge is 0.270 e. The first-order valence-corrected chi connectivity index (χ1v) is 9.91. The number of ether oxygens (including phenoxy) is 1. The molecule has 1 aliphatic rings. The van der Waals surface area contributed by atoms with Crippen LogP contribution in [0.15, 0.2) is 36.5 Å². The molecule has 3 aromatic rings. The summed E-state index contributed by atoms with van der Waals surface area (Å²) >= 11 is 0. The second-order valence-corrected chi connectivity index (χ2v) is 7.70. The number of pyridine rings is 1. The molecule has 0 saturated heterocycles. The van der Waals surface area contributed by atoms with E-state index in [0.29, 0.717) is 22.8 Å². The Balaban J connectivity index is 1.63. The number of aromatic nitrogens is 2. The number of nitrogens with zero attached hydrogens (tertiary/aromatic N) is 2. The van der Waals surface area contributed by atoms with Crippen molar-refractivity contribution < 1.29 is 23.4 Å². The van der Waals surface area contributed by atoms with Crippen molar-refractivity contribution in [1.29, 1.82) is 0 Å². The van der Waals surface area contributed by atoms with Gasteiger partial charge in [-0.15, -0.1) is 0 Å². The molecular weight excluding hydrogens is 392 g/mol. The minimum Gasteiger partial charge on any atom is -0.485 e. The number of aliphatic hydroxyl groups excluding tert-OH is 1. The Morgan fingerprint density at radius 3 is 2.60 bits per heavy atom. The summed E-state index contributed by atoms with van der Waals surface area (Å²) in [5, 5.41) is 12.8. The molecule has 4 rings (SSSR count). The molecule has 2 N–H and O–H groups in total. The molecule has 0 unspecified atom stereocenters. The lowest BCUT2D eigenvalue weighted by atomic mass is 9.98. The van der Waals surface area contributed by atoms with Gasteiger partial charge in [-0.1, -0.05) is 18.9 Å². The van der Waals surface area contributed by atoms with Gasteiger partial charge in [0.05, 0.1) is 23.4 Å². The first-order valence-electron chi connectivity index (χ1n) is 9.91. The number of rotatable bonds is 6. The third kappa shape index (κ3) is 3.63. The summed E-state index contributed by atoms with van der Waals surface area (Å²) in [4.78, 5) is 17.5. The molecule has 158 valence electrons. The molecule has 30 heavy (non-hydrogen) atoms. The van der Waals surface area contributed by atoms with E-state index in [4.69, 9.17) is 4.74 Å². The van der Waals surface area contributed by atoms with Crippen LogP contribution in [0.3, 0.4) is 0 Å². The molecule has 1 aliphatic carbocycles. The van der Waals surface area contributed by atoms with Crippen LogP contribution in [0.5, 0.6) is 5.75 Å². The number of carbonyl (C=O) groups is 1. The monoisotopic (exact) mass is 415 g/mol. The molecule has 0 atom stereocenters. The molecule has 1 aromatic carbocycles. The number of aliphatic hydroxyl groups is 1. The summed E-state index contributed by atoms with van der Waals surface area (Å²) in [7, 11) is 0. The van der Waals surface area contributed by atoms with Crippen molar-refractivity contribution in [2.24, 2.45) is 0 Å². The average molecular weight is 415 g/mol. The molecule has 1 fully saturated rings. The van der Waals surface area contributed by atoms with E-state index in [1.165, 1.54) is 18.2 Å². The van der Waals surface area contributed by atoms with Crippen molar-refractivity contribution in [2.45, 2.75) is 44.8 Å². The zero-order valence-corrected chi connectivity index (χ0v) is 16.6. The Labute approximate surface area is 172 Å². The summed E-state index contributed by atoms with van der Waals surface area (Å²) in [5.74, 6) is -1.40. The standard InChI is InChI=1S/C22H23F2N3O3/c1-14-19(21(29)26-22(13-28)9-2-3-10-22)27-11-5-8-18(20(27)25-14)30-12-15-16(23)6-4-7-17(15)24/h4-8,11,28H,2-3,9-10,12-13H2,1H3,(H,26,29). The number of imidazole rings is 1. The molecular formula is C22H23F2N3O3. The van der Waals surface area contributed by atoms with Gasteiger partial charge >= 0.3 is 0 Å². The highest BCUT2D eigenvalue weighted by atomic mass is 19.1. The Hall–Kier alpha value is -3.00. The van der Waals surface area contributed by atoms with Gasteiger partial charge in [0.15, 0.2) is 11.4 Å². The molecule has 1 amide bonds. The van der Waals surface area contributed by atoms with Gasteiger partial charge in [0, 0.05) is 6.20 Å². The fourth-order valence-corrected chi connectivity index (χ4v) is 4.04. The van der Waals surface area contributed by atoms with E-state index < -0.39 is 17.2 Å². The van der Waals surface area contributed by atoms with Crippen LogP contribution in [0.1, 0.15) is 47.4 Å². The van der Waals surface area contributed by atoms with Crippen LogP contribution in [0.2, 0.25) is 0 Å². The minimum absolute atomic E-state index is 0.114. The number of hydrogen-bond acceptors (Lipinski definition) is 4. The summed E-state index contributed by atoms with van der Waals surface area (Å²) in [6.45, 7) is 1.29. The molecule has 0 radical (unpaired) electrons. The van der Waals surface area contributed by atoms with Crippen LogP contribution in [0.4, 0.5) is 8.78 Å². The number of fused-ring (bicyclic) bond motifs is 1. The molecule has 1 saturated carbocycles. The maximum Gasteiger partial charge on any atom is 0.270 e. The maximum absolute atomic E-state index is 13.9. The highest BCUT2D eigenvalue weighted by molar-refractivity contribution is 5.95. The lowest BCUT2D eigenvalue weighted by molar-refractivity contribution is 0.0832. The summed E-state index contributed by atoms with van der Waals surface area (Å²) in [6, 6.07) is 6.94. The van der Waals surface area contributed by atoms with Crippen molar-refractivity contribution in [1.82, 2.24) is 14.7 Å². The number of nitrogens with one attached hydrogen (secondary N) is 1. The van der Waals surface area contributed by atoms with E-state index in [9.17, 15) is 18.7 Å². The predicted molar refractivity (Wildman–Crippen MR) is 106 cm³/mol. The van der Waals surface area contributed by atoms with Crippen LogP contribution in [-0.4, -0.2) is 32.5 Å². The van der Waals surface area contributed by atoms with E-state index in [0.717, 1.165) is 25.7 Å². The maximum atomic E-state index is 13.9. The van der Waals surface area contributed by atoms with E-state index >= 15 is 0 Å². The fraction of sp³-hybridized carbons (Fsp3) is 0.364. The fourth-order valence-electron chi connectivity index (χ4n) is 4.04. The summed E-state index contributed by atoms with van der Waals surface area (Å²) < 4.78 is 35.0. The van der Waals surface area contributed by atoms with Crippen LogP contribution < -0.4 is 10.1 Å². The van der Waals surface area contributed by atoms with Crippen molar-refractivity contribution in [2.75, 3.05) is 6.61 Å². The lowest BCUT2D eigenvalue weighted by Gasteiger charge is -2.27. The van der Waals surface area contributed by atoms with E-state index in [2.05, 4.69) is 10.3 Å². The van der Waals surface area contributed by atoms with Gasteiger partial charge in [0.2, 0.25) is 0 Å². The topological polar surface area (TPSA) is 75.9 Å². The Morgan fingerprint density at radius 2 is 1.93 bits per heavy atom. The Kier molecular flexibility index (Phi) is 5.42. The summed E-state index contributed by atoms with van der Waals surface area (Å²) in [6.07, 6.45) is 5.05. The zero-order valence-electron chi connectivity index (χ0n) is 16.6. The van der Waals surface area contributed by atoms with Crippen molar-refractivity contribution >= 4 is 11.6 Å². The molecule has 0 spiro atoms. The van der Waals surface area contributed by atoms with Crippen LogP contribution in [0, 0.1) is 18.6 Å². The molecule has 0 bridgehead atoms. The number of aryl methyl sites for hydroxylation is 1. The normalized spacial score (nSPS) is 15.5. The summed E-state index contributed by atoms with van der Waals surface area (Å²) in [5.41, 5.74) is 0.427. The molecule has 0 aliphatic heterocycles. The van der Waals surface area contributed by atoms with Gasteiger partial charge in [-0.25, -0.2) is 13.8 Å². The van der Waals surface area contributed by atoms with E-state index in [1.807, 2.05) is 0 Å². The number of amides is 1. The van der Waals surface area contributed by atoms with Gasteiger partial charge in [-0.05, 0) is 44.0 Å². The highest BCUT2D eigenvalue weighted by Gasteiger charge is 2.36. The number of carbonyl (C=O) groups excluding carboxylic acids is 1. The van der Waals surface area contributed by atoms with Gasteiger partial charge in [0.25, 0.3) is 5.91 Å². The average Bonchev–Trinajstić information content (AvgIpc) is 3.32. The molecule has 6 nitrogen and oxygen atoms in total. The number of halogens is 2. The van der Waals surface area contributed by atoms with Crippen molar-refractivity contribution in [3.63, 3.8) is 0 Å². The van der Waals surface area contributed by atoms with Crippen LogP contribution >= 0.6 is 0 Å². The Bertz CT molecular complexity index is 1070. The highest BCUT2D eigenvalue weighted by Crippen LogP contribution is 2.30. The largest absolute Gasteiger partial charge is 0.485 e. The third-order valence-electron chi connectivity index (χ3n) is 5.68. The van der Waals surface area contributed by atoms with Crippen LogP contribution in [0.25, 0.3) is 5.65 Å². The van der Waals surface area contributed by atoms with E-state index in [-0.39, 0.29) is 24.7 Å². The van der Waals surface area contributed by atoms with E-state index in [1.54, 1.807) is 29.7 Å². The molecule has 8 heteroatoms. The Morgan fingerprint density at radius 1 is 1.23 bits per heavy atom. The van der Waals surface area contributed by atoms with Crippen molar-refractivity contribution in [3.05, 3.63) is 65.1 Å². The van der Waals surface area contributed by atoms with Gasteiger partial charge < -0.3 is 15.2 Å². The third-order valence-corrected chi connectivity index (χ3v) is 5.68. The number of benzene rings is 1. The number of hydrogen-bond donors (Lipinski definition) is 2.